The Hall–Kier alpha value is -3.24. The van der Waals surface area contributed by atoms with Crippen LogP contribution in [0.3, 0.4) is 0 Å². The van der Waals surface area contributed by atoms with Crippen LogP contribution in [0, 0.1) is 10.1 Å². The molecule has 2 N–H and O–H groups in total. The first-order valence-corrected chi connectivity index (χ1v) is 11.1. The van der Waals surface area contributed by atoms with E-state index in [1.54, 1.807) is 6.07 Å². The minimum absolute atomic E-state index is 0.0582. The molecule has 0 spiro atoms. The lowest BCUT2D eigenvalue weighted by atomic mass is 9.90. The SMILES string of the molecule is CC(c1ccccc1)N(c1cc(NCCO)c([N+](=O)[O-])c2nonc12)C1CCOC(C)(C)C1. The van der Waals surface area contributed by atoms with Crippen LogP contribution in [0.2, 0.25) is 0 Å². The fourth-order valence-electron chi connectivity index (χ4n) is 4.67. The van der Waals surface area contributed by atoms with Crippen LogP contribution in [0.25, 0.3) is 11.0 Å². The Balaban J connectivity index is 1.91. The van der Waals surface area contributed by atoms with Gasteiger partial charge in [0.05, 0.1) is 28.9 Å². The monoisotopic (exact) mass is 455 g/mol. The second-order valence-corrected chi connectivity index (χ2v) is 8.91. The number of ether oxygens (including phenoxy) is 1. The number of hydrogen-bond acceptors (Lipinski definition) is 9. The van der Waals surface area contributed by atoms with Crippen LogP contribution in [0.5, 0.6) is 0 Å². The Kier molecular flexibility index (Phi) is 6.48. The number of aliphatic hydroxyl groups is 1. The largest absolute Gasteiger partial charge is 0.395 e. The predicted octanol–water partition coefficient (Wildman–Crippen LogP) is 4.06. The number of hydrogen-bond donors (Lipinski definition) is 2. The van der Waals surface area contributed by atoms with Crippen LogP contribution < -0.4 is 10.2 Å². The fourth-order valence-corrected chi connectivity index (χ4v) is 4.67. The first-order chi connectivity index (χ1) is 15.8. The summed E-state index contributed by atoms with van der Waals surface area (Å²) >= 11 is 0. The average Bonchev–Trinajstić information content (AvgIpc) is 3.27. The third kappa shape index (κ3) is 4.62. The van der Waals surface area contributed by atoms with Gasteiger partial charge in [-0.05, 0) is 55.6 Å². The third-order valence-electron chi connectivity index (χ3n) is 6.14. The highest BCUT2D eigenvalue weighted by molar-refractivity contribution is 6.00. The van der Waals surface area contributed by atoms with Crippen LogP contribution in [-0.4, -0.2) is 51.7 Å². The van der Waals surface area contributed by atoms with E-state index in [2.05, 4.69) is 53.4 Å². The van der Waals surface area contributed by atoms with Crippen molar-refractivity contribution in [3.8, 4) is 0 Å². The molecule has 176 valence electrons. The maximum absolute atomic E-state index is 11.9. The smallest absolute Gasteiger partial charge is 0.323 e. The molecule has 10 heteroatoms. The molecule has 3 aromatic rings. The van der Waals surface area contributed by atoms with Crippen molar-refractivity contribution in [1.29, 1.82) is 0 Å². The van der Waals surface area contributed by atoms with E-state index in [1.807, 2.05) is 18.2 Å². The molecule has 0 amide bonds. The number of nitro benzene ring substituents is 1. The number of fused-ring (bicyclic) bond motifs is 1. The molecular weight excluding hydrogens is 426 g/mol. The zero-order valence-electron chi connectivity index (χ0n) is 19.0. The summed E-state index contributed by atoms with van der Waals surface area (Å²) in [5.74, 6) is 0. The molecule has 10 nitrogen and oxygen atoms in total. The highest BCUT2D eigenvalue weighted by Gasteiger charge is 2.37. The average molecular weight is 456 g/mol. The van der Waals surface area contributed by atoms with E-state index < -0.39 is 4.92 Å². The normalized spacial score (nSPS) is 18.7. The molecule has 0 saturated carbocycles. The summed E-state index contributed by atoms with van der Waals surface area (Å²) in [5, 5.41) is 32.1. The molecule has 2 unspecified atom stereocenters. The van der Waals surface area contributed by atoms with Crippen molar-refractivity contribution < 1.29 is 19.4 Å². The zero-order valence-corrected chi connectivity index (χ0v) is 19.0. The number of nitrogens with one attached hydrogen (secondary N) is 1. The molecule has 0 bridgehead atoms. The van der Waals surface area contributed by atoms with E-state index in [0.717, 1.165) is 18.4 Å². The molecule has 1 saturated heterocycles. The van der Waals surface area contributed by atoms with Crippen molar-refractivity contribution >= 4 is 28.1 Å². The lowest BCUT2D eigenvalue weighted by molar-refractivity contribution is -0.382. The maximum Gasteiger partial charge on any atom is 0.323 e. The van der Waals surface area contributed by atoms with Gasteiger partial charge in [0.2, 0.25) is 5.52 Å². The first kappa shape index (κ1) is 22.9. The van der Waals surface area contributed by atoms with Crippen molar-refractivity contribution in [3.63, 3.8) is 0 Å². The van der Waals surface area contributed by atoms with Crippen molar-refractivity contribution in [2.24, 2.45) is 0 Å². The molecule has 1 fully saturated rings. The highest BCUT2D eigenvalue weighted by Crippen LogP contribution is 2.43. The summed E-state index contributed by atoms with van der Waals surface area (Å²) < 4.78 is 11.0. The number of aliphatic hydroxyl groups excluding tert-OH is 1. The Morgan fingerprint density at radius 2 is 2.03 bits per heavy atom. The van der Waals surface area contributed by atoms with Gasteiger partial charge in [-0.1, -0.05) is 30.3 Å². The van der Waals surface area contributed by atoms with E-state index >= 15 is 0 Å². The zero-order chi connectivity index (χ0) is 23.6. The number of aromatic nitrogens is 2. The van der Waals surface area contributed by atoms with Crippen LogP contribution in [-0.2, 0) is 4.74 Å². The van der Waals surface area contributed by atoms with Gasteiger partial charge in [0.1, 0.15) is 5.69 Å². The van der Waals surface area contributed by atoms with E-state index in [9.17, 15) is 15.2 Å². The number of rotatable bonds is 8. The molecule has 1 aromatic heterocycles. The minimum atomic E-state index is -0.501. The quantitative estimate of drug-likeness (QED) is 0.382. The highest BCUT2D eigenvalue weighted by atomic mass is 16.6. The lowest BCUT2D eigenvalue weighted by Crippen LogP contribution is -2.47. The molecule has 0 aliphatic carbocycles. The van der Waals surface area contributed by atoms with E-state index in [1.165, 1.54) is 0 Å². The maximum atomic E-state index is 11.9. The Labute approximate surface area is 191 Å². The third-order valence-corrected chi connectivity index (χ3v) is 6.14. The van der Waals surface area contributed by atoms with Crippen molar-refractivity contribution in [2.45, 2.75) is 51.3 Å². The molecule has 33 heavy (non-hydrogen) atoms. The topological polar surface area (TPSA) is 127 Å². The number of anilines is 2. The summed E-state index contributed by atoms with van der Waals surface area (Å²) in [6, 6.07) is 11.9. The summed E-state index contributed by atoms with van der Waals surface area (Å²) in [6.07, 6.45) is 1.57. The van der Waals surface area contributed by atoms with Crippen LogP contribution in [0.4, 0.5) is 17.1 Å². The van der Waals surface area contributed by atoms with Gasteiger partial charge in [0.15, 0.2) is 5.52 Å². The summed E-state index contributed by atoms with van der Waals surface area (Å²) in [5.41, 5.74) is 1.95. The van der Waals surface area contributed by atoms with Gasteiger partial charge >= 0.3 is 5.69 Å². The lowest BCUT2D eigenvalue weighted by Gasteiger charge is -2.45. The second kappa shape index (κ2) is 9.32. The van der Waals surface area contributed by atoms with Crippen LogP contribution >= 0.6 is 0 Å². The van der Waals surface area contributed by atoms with Crippen molar-refractivity contribution in [1.82, 2.24) is 10.3 Å². The van der Waals surface area contributed by atoms with Crippen molar-refractivity contribution in [3.05, 3.63) is 52.1 Å². The van der Waals surface area contributed by atoms with Gasteiger partial charge in [0.25, 0.3) is 0 Å². The molecule has 1 aliphatic rings. The number of benzene rings is 2. The predicted molar refractivity (Wildman–Crippen MR) is 124 cm³/mol. The van der Waals surface area contributed by atoms with Crippen LogP contribution in [0.1, 0.15) is 45.2 Å². The first-order valence-electron chi connectivity index (χ1n) is 11.1. The fraction of sp³-hybridized carbons (Fsp3) is 0.478. The molecule has 2 aromatic carbocycles. The minimum Gasteiger partial charge on any atom is -0.395 e. The van der Waals surface area contributed by atoms with E-state index in [-0.39, 0.29) is 47.7 Å². The standard InChI is InChI=1S/C23H29N5O5/c1-15(16-7-5-4-6-8-16)27(17-9-12-32-23(2,3)14-17)19-13-18(24-10-11-29)22(28(30)31)21-20(19)25-33-26-21/h4-8,13,15,17,24,29H,9-12,14H2,1-3H3. The molecule has 4 rings (SSSR count). The van der Waals surface area contributed by atoms with Crippen molar-refractivity contribution in [2.75, 3.05) is 30.0 Å². The Bertz CT molecular complexity index is 1120. The van der Waals surface area contributed by atoms with E-state index in [4.69, 9.17) is 9.37 Å². The van der Waals surface area contributed by atoms with Gasteiger partial charge in [-0.2, -0.15) is 0 Å². The molecule has 1 aliphatic heterocycles. The summed E-state index contributed by atoms with van der Waals surface area (Å²) in [7, 11) is 0. The number of nitrogens with zero attached hydrogens (tertiary/aromatic N) is 4. The van der Waals surface area contributed by atoms with E-state index in [0.29, 0.717) is 17.8 Å². The summed E-state index contributed by atoms with van der Waals surface area (Å²) in [4.78, 5) is 13.6. The molecule has 2 atom stereocenters. The Morgan fingerprint density at radius 3 is 2.70 bits per heavy atom. The van der Waals surface area contributed by atoms with Gasteiger partial charge in [-0.3, -0.25) is 10.1 Å². The van der Waals surface area contributed by atoms with Gasteiger partial charge in [0, 0.05) is 19.2 Å². The number of nitro groups is 1. The molecule has 2 heterocycles. The Morgan fingerprint density at radius 1 is 1.30 bits per heavy atom. The molecular formula is C23H29N5O5. The molecule has 0 radical (unpaired) electrons. The summed E-state index contributed by atoms with van der Waals surface area (Å²) in [6.45, 7) is 6.86. The van der Waals surface area contributed by atoms with Gasteiger partial charge in [-0.25, -0.2) is 4.63 Å². The van der Waals surface area contributed by atoms with Gasteiger partial charge in [-0.15, -0.1) is 0 Å². The van der Waals surface area contributed by atoms with Crippen LogP contribution in [0.15, 0.2) is 41.0 Å². The van der Waals surface area contributed by atoms with Gasteiger partial charge < -0.3 is 20.1 Å². The second-order valence-electron chi connectivity index (χ2n) is 8.91.